The van der Waals surface area contributed by atoms with Gasteiger partial charge in [0.2, 0.25) is 0 Å². The highest BCUT2D eigenvalue weighted by molar-refractivity contribution is 5.00. The normalized spacial score (nSPS) is 21.4. The number of hydrogen-bond donors (Lipinski definition) is 1. The highest BCUT2D eigenvalue weighted by Crippen LogP contribution is 2.28. The fourth-order valence-corrected chi connectivity index (χ4v) is 3.11. The van der Waals surface area contributed by atoms with E-state index in [4.69, 9.17) is 4.74 Å². The van der Waals surface area contributed by atoms with Crippen molar-refractivity contribution in [2.75, 3.05) is 32.8 Å². The molecule has 0 aliphatic carbocycles. The van der Waals surface area contributed by atoms with Gasteiger partial charge in [0.1, 0.15) is 0 Å². The lowest BCUT2D eigenvalue weighted by atomic mass is 9.83. The van der Waals surface area contributed by atoms with E-state index in [1.54, 1.807) is 0 Å². The SMILES string of the molecule is C=C(C)CCC(NCCC)C(C)(CC)N1CCOCC1. The summed E-state index contributed by atoms with van der Waals surface area (Å²) >= 11 is 0. The minimum absolute atomic E-state index is 0.217. The quantitative estimate of drug-likeness (QED) is 0.657. The molecule has 0 radical (unpaired) electrons. The first-order valence-electron chi connectivity index (χ1n) is 8.25. The van der Waals surface area contributed by atoms with Gasteiger partial charge < -0.3 is 10.1 Å². The van der Waals surface area contributed by atoms with E-state index in [0.29, 0.717) is 6.04 Å². The topological polar surface area (TPSA) is 24.5 Å². The number of allylic oxidation sites excluding steroid dienone is 1. The second kappa shape index (κ2) is 8.81. The van der Waals surface area contributed by atoms with Crippen molar-refractivity contribution in [3.63, 3.8) is 0 Å². The maximum absolute atomic E-state index is 5.52. The van der Waals surface area contributed by atoms with E-state index in [1.807, 2.05) is 0 Å². The summed E-state index contributed by atoms with van der Waals surface area (Å²) in [4.78, 5) is 2.63. The van der Waals surface area contributed by atoms with Gasteiger partial charge in [-0.25, -0.2) is 0 Å². The predicted octanol–water partition coefficient (Wildman–Crippen LogP) is 3.21. The zero-order valence-corrected chi connectivity index (χ0v) is 14.0. The number of morpholine rings is 1. The van der Waals surface area contributed by atoms with Crippen LogP contribution >= 0.6 is 0 Å². The van der Waals surface area contributed by atoms with Crippen LogP contribution in [0.3, 0.4) is 0 Å². The highest BCUT2D eigenvalue weighted by Gasteiger charge is 2.38. The Bertz CT molecular complexity index is 287. The molecule has 3 nitrogen and oxygen atoms in total. The summed E-state index contributed by atoms with van der Waals surface area (Å²) in [6.07, 6.45) is 4.65. The van der Waals surface area contributed by atoms with Crippen LogP contribution in [0.2, 0.25) is 0 Å². The van der Waals surface area contributed by atoms with E-state index >= 15 is 0 Å². The smallest absolute Gasteiger partial charge is 0.0594 e. The molecule has 1 aliphatic rings. The first kappa shape index (κ1) is 17.7. The van der Waals surface area contributed by atoms with Crippen molar-refractivity contribution in [1.29, 1.82) is 0 Å². The lowest BCUT2D eigenvalue weighted by molar-refractivity contribution is -0.0333. The van der Waals surface area contributed by atoms with Crippen molar-refractivity contribution in [2.45, 2.75) is 65.0 Å². The van der Waals surface area contributed by atoms with Crippen LogP contribution in [0.1, 0.15) is 53.4 Å². The van der Waals surface area contributed by atoms with E-state index in [0.717, 1.165) is 39.3 Å². The zero-order chi connectivity index (χ0) is 15.0. The lowest BCUT2D eigenvalue weighted by Crippen LogP contribution is -2.61. The van der Waals surface area contributed by atoms with Gasteiger partial charge in [0.25, 0.3) is 0 Å². The molecular weight excluding hydrogens is 248 g/mol. The van der Waals surface area contributed by atoms with Gasteiger partial charge in [-0.1, -0.05) is 19.4 Å². The number of nitrogens with zero attached hydrogens (tertiary/aromatic N) is 1. The maximum Gasteiger partial charge on any atom is 0.0594 e. The average Bonchev–Trinajstić information content (AvgIpc) is 2.47. The van der Waals surface area contributed by atoms with E-state index in [1.165, 1.54) is 24.8 Å². The third-order valence-electron chi connectivity index (χ3n) is 4.70. The second-order valence-corrected chi connectivity index (χ2v) is 6.31. The Morgan fingerprint density at radius 2 is 2.00 bits per heavy atom. The molecule has 1 rings (SSSR count). The molecule has 1 aliphatic heterocycles. The molecule has 0 bridgehead atoms. The van der Waals surface area contributed by atoms with Crippen LogP contribution in [0.5, 0.6) is 0 Å². The zero-order valence-electron chi connectivity index (χ0n) is 14.0. The Balaban J connectivity index is 2.76. The molecule has 0 spiro atoms. The third-order valence-corrected chi connectivity index (χ3v) is 4.70. The molecule has 0 aromatic carbocycles. The molecule has 118 valence electrons. The fourth-order valence-electron chi connectivity index (χ4n) is 3.11. The van der Waals surface area contributed by atoms with Gasteiger partial charge in [-0.15, -0.1) is 6.58 Å². The van der Waals surface area contributed by atoms with Crippen molar-refractivity contribution in [3.05, 3.63) is 12.2 Å². The highest BCUT2D eigenvalue weighted by atomic mass is 16.5. The van der Waals surface area contributed by atoms with Gasteiger partial charge in [-0.05, 0) is 46.1 Å². The van der Waals surface area contributed by atoms with E-state index < -0.39 is 0 Å². The van der Waals surface area contributed by atoms with Crippen molar-refractivity contribution in [1.82, 2.24) is 10.2 Å². The van der Waals surface area contributed by atoms with Gasteiger partial charge >= 0.3 is 0 Å². The van der Waals surface area contributed by atoms with Gasteiger partial charge in [0.15, 0.2) is 0 Å². The molecule has 0 saturated carbocycles. The Morgan fingerprint density at radius 1 is 1.35 bits per heavy atom. The number of ether oxygens (including phenoxy) is 1. The molecular formula is C17H34N2O. The number of nitrogens with one attached hydrogen (secondary N) is 1. The molecule has 0 aromatic rings. The first-order chi connectivity index (χ1) is 9.54. The molecule has 1 N–H and O–H groups in total. The summed E-state index contributed by atoms with van der Waals surface area (Å²) in [5.41, 5.74) is 1.50. The summed E-state index contributed by atoms with van der Waals surface area (Å²) in [6.45, 7) is 18.1. The third kappa shape index (κ3) is 4.87. The molecule has 1 saturated heterocycles. The Labute approximate surface area is 125 Å². The minimum Gasteiger partial charge on any atom is -0.379 e. The first-order valence-corrected chi connectivity index (χ1v) is 8.25. The lowest BCUT2D eigenvalue weighted by Gasteiger charge is -2.48. The van der Waals surface area contributed by atoms with Gasteiger partial charge in [0, 0.05) is 24.7 Å². The fraction of sp³-hybridized carbons (Fsp3) is 0.882. The van der Waals surface area contributed by atoms with Crippen molar-refractivity contribution < 1.29 is 4.74 Å². The maximum atomic E-state index is 5.52. The Kier molecular flexibility index (Phi) is 7.78. The summed E-state index contributed by atoms with van der Waals surface area (Å²) in [5, 5.41) is 3.79. The van der Waals surface area contributed by atoms with Crippen LogP contribution in [0.4, 0.5) is 0 Å². The van der Waals surface area contributed by atoms with Crippen LogP contribution in [0.25, 0.3) is 0 Å². The Hall–Kier alpha value is -0.380. The minimum atomic E-state index is 0.217. The largest absolute Gasteiger partial charge is 0.379 e. The molecule has 2 atom stereocenters. The predicted molar refractivity (Wildman–Crippen MR) is 87.2 cm³/mol. The van der Waals surface area contributed by atoms with E-state index in [9.17, 15) is 0 Å². The Morgan fingerprint density at radius 3 is 2.50 bits per heavy atom. The van der Waals surface area contributed by atoms with Gasteiger partial charge in [0.05, 0.1) is 13.2 Å². The standard InChI is InChI=1S/C17H34N2O/c1-6-10-18-16(9-8-15(3)4)17(5,7-2)19-11-13-20-14-12-19/h16,18H,3,6-14H2,1-2,4-5H3. The van der Waals surface area contributed by atoms with Crippen LogP contribution in [-0.2, 0) is 4.74 Å². The van der Waals surface area contributed by atoms with E-state index in [-0.39, 0.29) is 5.54 Å². The molecule has 3 heteroatoms. The van der Waals surface area contributed by atoms with Crippen LogP contribution in [-0.4, -0.2) is 49.3 Å². The monoisotopic (exact) mass is 282 g/mol. The van der Waals surface area contributed by atoms with Crippen LogP contribution in [0.15, 0.2) is 12.2 Å². The molecule has 1 heterocycles. The molecule has 1 fully saturated rings. The van der Waals surface area contributed by atoms with E-state index in [2.05, 4.69) is 44.5 Å². The van der Waals surface area contributed by atoms with Crippen molar-refractivity contribution in [3.8, 4) is 0 Å². The van der Waals surface area contributed by atoms with Gasteiger partial charge in [-0.2, -0.15) is 0 Å². The van der Waals surface area contributed by atoms with Crippen molar-refractivity contribution >= 4 is 0 Å². The average molecular weight is 282 g/mol. The summed E-state index contributed by atoms with van der Waals surface area (Å²) in [7, 11) is 0. The van der Waals surface area contributed by atoms with Crippen LogP contribution < -0.4 is 5.32 Å². The summed E-state index contributed by atoms with van der Waals surface area (Å²) < 4.78 is 5.52. The second-order valence-electron chi connectivity index (χ2n) is 6.31. The molecule has 20 heavy (non-hydrogen) atoms. The molecule has 2 unspecified atom stereocenters. The summed E-state index contributed by atoms with van der Waals surface area (Å²) in [5.74, 6) is 0. The molecule has 0 aromatic heterocycles. The van der Waals surface area contributed by atoms with Crippen LogP contribution in [0, 0.1) is 0 Å². The molecule has 0 amide bonds. The summed E-state index contributed by atoms with van der Waals surface area (Å²) in [6, 6.07) is 0.530. The van der Waals surface area contributed by atoms with Gasteiger partial charge in [-0.3, -0.25) is 4.90 Å². The number of hydrogen-bond acceptors (Lipinski definition) is 3. The number of rotatable bonds is 9. The van der Waals surface area contributed by atoms with Crippen molar-refractivity contribution in [2.24, 2.45) is 0 Å².